The quantitative estimate of drug-likeness (QED) is 0.793. The van der Waals surface area contributed by atoms with E-state index in [0.717, 1.165) is 38.3 Å². The SMILES string of the molecule is CCN1CCN(C(=O)Cc2cc(OC)c(OC)c(OC)c2)CC1. The highest BCUT2D eigenvalue weighted by Crippen LogP contribution is 2.38. The minimum atomic E-state index is 0.134. The minimum absolute atomic E-state index is 0.134. The zero-order valence-electron chi connectivity index (χ0n) is 14.4. The van der Waals surface area contributed by atoms with E-state index in [4.69, 9.17) is 14.2 Å². The van der Waals surface area contributed by atoms with Crippen LogP contribution in [0.25, 0.3) is 0 Å². The number of piperazine rings is 1. The van der Waals surface area contributed by atoms with Crippen molar-refractivity contribution in [2.24, 2.45) is 0 Å². The van der Waals surface area contributed by atoms with Crippen LogP contribution in [0.15, 0.2) is 12.1 Å². The highest BCUT2D eigenvalue weighted by Gasteiger charge is 2.21. The Balaban J connectivity index is 2.09. The van der Waals surface area contributed by atoms with Crippen LogP contribution in [0.1, 0.15) is 12.5 Å². The van der Waals surface area contributed by atoms with Crippen molar-refractivity contribution in [3.05, 3.63) is 17.7 Å². The van der Waals surface area contributed by atoms with E-state index in [1.165, 1.54) is 0 Å². The summed E-state index contributed by atoms with van der Waals surface area (Å²) < 4.78 is 16.0. The van der Waals surface area contributed by atoms with Crippen LogP contribution >= 0.6 is 0 Å². The second kappa shape index (κ2) is 8.06. The Morgan fingerprint density at radius 3 is 2.00 bits per heavy atom. The van der Waals surface area contributed by atoms with Crippen LogP contribution in [0.5, 0.6) is 17.2 Å². The fourth-order valence-corrected chi connectivity index (χ4v) is 2.84. The highest BCUT2D eigenvalue weighted by atomic mass is 16.5. The van der Waals surface area contributed by atoms with Crippen molar-refractivity contribution in [1.82, 2.24) is 9.80 Å². The van der Waals surface area contributed by atoms with E-state index in [-0.39, 0.29) is 5.91 Å². The lowest BCUT2D eigenvalue weighted by atomic mass is 10.1. The number of methoxy groups -OCH3 is 3. The van der Waals surface area contributed by atoms with Gasteiger partial charge in [-0.2, -0.15) is 0 Å². The van der Waals surface area contributed by atoms with E-state index in [2.05, 4.69) is 11.8 Å². The molecule has 0 unspecified atom stereocenters. The zero-order chi connectivity index (χ0) is 16.8. The summed E-state index contributed by atoms with van der Waals surface area (Å²) in [4.78, 5) is 16.8. The summed E-state index contributed by atoms with van der Waals surface area (Å²) in [5, 5.41) is 0. The summed E-state index contributed by atoms with van der Waals surface area (Å²) in [5.74, 6) is 1.83. The Bertz CT molecular complexity index is 514. The summed E-state index contributed by atoms with van der Waals surface area (Å²) in [6, 6.07) is 3.67. The fourth-order valence-electron chi connectivity index (χ4n) is 2.84. The van der Waals surface area contributed by atoms with Crippen molar-refractivity contribution in [2.45, 2.75) is 13.3 Å². The molecule has 1 aromatic carbocycles. The molecule has 1 aliphatic rings. The van der Waals surface area contributed by atoms with Crippen molar-refractivity contribution in [1.29, 1.82) is 0 Å². The molecule has 0 saturated carbocycles. The first-order valence-corrected chi connectivity index (χ1v) is 7.91. The van der Waals surface area contributed by atoms with E-state index in [1.54, 1.807) is 21.3 Å². The van der Waals surface area contributed by atoms with Gasteiger partial charge in [-0.3, -0.25) is 4.79 Å². The molecule has 0 N–H and O–H groups in total. The van der Waals surface area contributed by atoms with Crippen LogP contribution in [0.4, 0.5) is 0 Å². The van der Waals surface area contributed by atoms with Gasteiger partial charge in [0.1, 0.15) is 0 Å². The standard InChI is InChI=1S/C17H26N2O4/c1-5-18-6-8-19(9-7-18)16(20)12-13-10-14(21-2)17(23-4)15(11-13)22-3/h10-11H,5-9,12H2,1-4H3. The topological polar surface area (TPSA) is 51.2 Å². The lowest BCUT2D eigenvalue weighted by Gasteiger charge is -2.34. The molecule has 0 bridgehead atoms. The van der Waals surface area contributed by atoms with Gasteiger partial charge in [-0.1, -0.05) is 6.92 Å². The molecule has 1 amide bonds. The average Bonchev–Trinajstić information content (AvgIpc) is 2.60. The number of likely N-dealkylation sites (N-methyl/N-ethyl adjacent to an activating group) is 1. The maximum absolute atomic E-state index is 12.5. The number of hydrogen-bond acceptors (Lipinski definition) is 5. The van der Waals surface area contributed by atoms with E-state index in [1.807, 2.05) is 17.0 Å². The first-order valence-electron chi connectivity index (χ1n) is 7.91. The number of carbonyl (C=O) groups excluding carboxylic acids is 1. The third kappa shape index (κ3) is 4.07. The van der Waals surface area contributed by atoms with Gasteiger partial charge in [-0.25, -0.2) is 0 Å². The maximum atomic E-state index is 12.5. The summed E-state index contributed by atoms with van der Waals surface area (Å²) in [7, 11) is 4.72. The number of nitrogens with zero attached hydrogens (tertiary/aromatic N) is 2. The third-order valence-electron chi connectivity index (χ3n) is 4.25. The summed E-state index contributed by atoms with van der Waals surface area (Å²) in [6.07, 6.45) is 0.336. The lowest BCUT2D eigenvalue weighted by molar-refractivity contribution is -0.132. The number of amides is 1. The van der Waals surface area contributed by atoms with E-state index in [9.17, 15) is 4.79 Å². The molecular weight excluding hydrogens is 296 g/mol. The molecule has 0 aliphatic carbocycles. The number of hydrogen-bond donors (Lipinski definition) is 0. The second-order valence-electron chi connectivity index (χ2n) is 5.53. The van der Waals surface area contributed by atoms with Crippen LogP contribution < -0.4 is 14.2 Å². The Morgan fingerprint density at radius 2 is 1.57 bits per heavy atom. The van der Waals surface area contributed by atoms with Crippen molar-refractivity contribution in [2.75, 3.05) is 54.1 Å². The molecule has 0 atom stereocenters. The Labute approximate surface area is 137 Å². The van der Waals surface area contributed by atoms with Crippen LogP contribution in [0.2, 0.25) is 0 Å². The molecule has 0 aromatic heterocycles. The van der Waals surface area contributed by atoms with E-state index in [0.29, 0.717) is 23.7 Å². The molecule has 6 heteroatoms. The van der Waals surface area contributed by atoms with Crippen molar-refractivity contribution in [3.8, 4) is 17.2 Å². The zero-order valence-corrected chi connectivity index (χ0v) is 14.4. The maximum Gasteiger partial charge on any atom is 0.227 e. The monoisotopic (exact) mass is 322 g/mol. The van der Waals surface area contributed by atoms with Gasteiger partial charge in [-0.15, -0.1) is 0 Å². The van der Waals surface area contributed by atoms with Gasteiger partial charge in [0.2, 0.25) is 11.7 Å². The van der Waals surface area contributed by atoms with Gasteiger partial charge >= 0.3 is 0 Å². The second-order valence-corrected chi connectivity index (χ2v) is 5.53. The molecule has 1 fully saturated rings. The molecule has 2 rings (SSSR count). The molecule has 1 saturated heterocycles. The molecule has 6 nitrogen and oxygen atoms in total. The summed E-state index contributed by atoms with van der Waals surface area (Å²) in [5.41, 5.74) is 0.863. The van der Waals surface area contributed by atoms with Crippen LogP contribution in [-0.4, -0.2) is 69.8 Å². The molecular formula is C17H26N2O4. The first kappa shape index (κ1) is 17.4. The van der Waals surface area contributed by atoms with Gasteiger partial charge in [0.25, 0.3) is 0 Å². The minimum Gasteiger partial charge on any atom is -0.493 e. The van der Waals surface area contributed by atoms with Crippen LogP contribution in [0.3, 0.4) is 0 Å². The Morgan fingerprint density at radius 1 is 1.00 bits per heavy atom. The number of benzene rings is 1. The van der Waals surface area contributed by atoms with Crippen molar-refractivity contribution in [3.63, 3.8) is 0 Å². The van der Waals surface area contributed by atoms with Gasteiger partial charge in [-0.05, 0) is 24.2 Å². The number of ether oxygens (including phenoxy) is 3. The predicted molar refractivity (Wildman–Crippen MR) is 88.5 cm³/mol. The largest absolute Gasteiger partial charge is 0.493 e. The predicted octanol–water partition coefficient (Wildman–Crippen LogP) is 1.42. The Kier molecular flexibility index (Phi) is 6.10. The van der Waals surface area contributed by atoms with E-state index >= 15 is 0 Å². The molecule has 1 heterocycles. The van der Waals surface area contributed by atoms with Crippen molar-refractivity contribution >= 4 is 5.91 Å². The third-order valence-corrected chi connectivity index (χ3v) is 4.25. The molecule has 1 aliphatic heterocycles. The molecule has 1 aromatic rings. The van der Waals surface area contributed by atoms with Crippen LogP contribution in [-0.2, 0) is 11.2 Å². The van der Waals surface area contributed by atoms with Gasteiger partial charge in [0.15, 0.2) is 11.5 Å². The molecule has 128 valence electrons. The molecule has 23 heavy (non-hydrogen) atoms. The Hall–Kier alpha value is -1.95. The van der Waals surface area contributed by atoms with E-state index < -0.39 is 0 Å². The smallest absolute Gasteiger partial charge is 0.227 e. The normalized spacial score (nSPS) is 15.4. The molecule has 0 radical (unpaired) electrons. The van der Waals surface area contributed by atoms with Crippen LogP contribution in [0, 0.1) is 0 Å². The number of carbonyl (C=O) groups is 1. The lowest BCUT2D eigenvalue weighted by Crippen LogP contribution is -2.48. The first-order chi connectivity index (χ1) is 11.1. The van der Waals surface area contributed by atoms with Gasteiger partial charge in [0.05, 0.1) is 27.8 Å². The van der Waals surface area contributed by atoms with Crippen molar-refractivity contribution < 1.29 is 19.0 Å². The summed E-state index contributed by atoms with van der Waals surface area (Å²) in [6.45, 7) is 6.64. The highest BCUT2D eigenvalue weighted by molar-refractivity contribution is 5.79. The fraction of sp³-hybridized carbons (Fsp3) is 0.588. The average molecular weight is 322 g/mol. The molecule has 0 spiro atoms. The summed E-state index contributed by atoms with van der Waals surface area (Å²) >= 11 is 0. The van der Waals surface area contributed by atoms with Gasteiger partial charge in [0, 0.05) is 26.2 Å². The number of rotatable bonds is 6. The van der Waals surface area contributed by atoms with Gasteiger partial charge < -0.3 is 24.0 Å².